The minimum atomic E-state index is -0.0933. The van der Waals surface area contributed by atoms with Crippen LogP contribution >= 0.6 is 0 Å². The van der Waals surface area contributed by atoms with E-state index < -0.39 is 0 Å². The number of hydrogen-bond acceptors (Lipinski definition) is 3. The van der Waals surface area contributed by atoms with Crippen molar-refractivity contribution < 1.29 is 9.53 Å². The molecule has 0 aromatic heterocycles. The molecule has 0 heterocycles. The Morgan fingerprint density at radius 3 is 2.53 bits per heavy atom. The Morgan fingerprint density at radius 1 is 1.33 bits per heavy atom. The molecule has 0 N–H and O–H groups in total. The van der Waals surface area contributed by atoms with Gasteiger partial charge in [-0.25, -0.2) is 0 Å². The number of esters is 1. The van der Waals surface area contributed by atoms with Gasteiger partial charge in [-0.05, 0) is 19.4 Å². The summed E-state index contributed by atoms with van der Waals surface area (Å²) >= 11 is 0. The molecule has 1 saturated carbocycles. The van der Waals surface area contributed by atoms with Gasteiger partial charge in [0.15, 0.2) is 0 Å². The molecule has 0 aromatic rings. The summed E-state index contributed by atoms with van der Waals surface area (Å²) in [5.74, 6) is -0.0933. The first-order valence-electron chi connectivity index (χ1n) is 6.08. The average molecular weight is 213 g/mol. The van der Waals surface area contributed by atoms with Crippen molar-refractivity contribution >= 4 is 5.97 Å². The van der Waals surface area contributed by atoms with Crippen molar-refractivity contribution in [2.75, 3.05) is 20.2 Å². The molecule has 0 aromatic carbocycles. The number of ether oxygens (including phenoxy) is 1. The van der Waals surface area contributed by atoms with Gasteiger partial charge >= 0.3 is 5.97 Å². The molecule has 0 spiro atoms. The SMILES string of the molecule is CCN(CCC(=O)OC)C1CCCCC1. The van der Waals surface area contributed by atoms with Crippen molar-refractivity contribution in [2.45, 2.75) is 51.5 Å². The van der Waals surface area contributed by atoms with E-state index in [4.69, 9.17) is 0 Å². The molecule has 0 saturated heterocycles. The third-order valence-corrected chi connectivity index (χ3v) is 3.33. The summed E-state index contributed by atoms with van der Waals surface area (Å²) in [6, 6.07) is 0.702. The zero-order valence-electron chi connectivity index (χ0n) is 10.00. The third-order valence-electron chi connectivity index (χ3n) is 3.33. The molecule has 3 heteroatoms. The van der Waals surface area contributed by atoms with Crippen LogP contribution in [0.3, 0.4) is 0 Å². The Morgan fingerprint density at radius 2 is 2.00 bits per heavy atom. The van der Waals surface area contributed by atoms with Crippen LogP contribution in [0.4, 0.5) is 0 Å². The molecular weight excluding hydrogens is 190 g/mol. The molecule has 0 atom stereocenters. The highest BCUT2D eigenvalue weighted by molar-refractivity contribution is 5.69. The summed E-state index contributed by atoms with van der Waals surface area (Å²) < 4.78 is 4.67. The van der Waals surface area contributed by atoms with E-state index >= 15 is 0 Å². The summed E-state index contributed by atoms with van der Waals surface area (Å²) in [5, 5.41) is 0. The van der Waals surface area contributed by atoms with E-state index in [2.05, 4.69) is 16.6 Å². The van der Waals surface area contributed by atoms with Gasteiger partial charge in [0.2, 0.25) is 0 Å². The monoisotopic (exact) mass is 213 g/mol. The van der Waals surface area contributed by atoms with Crippen molar-refractivity contribution in [3.63, 3.8) is 0 Å². The minimum Gasteiger partial charge on any atom is -0.469 e. The average Bonchev–Trinajstić information content (AvgIpc) is 2.31. The second-order valence-electron chi connectivity index (χ2n) is 4.25. The van der Waals surface area contributed by atoms with Gasteiger partial charge in [-0.15, -0.1) is 0 Å². The summed E-state index contributed by atoms with van der Waals surface area (Å²) in [7, 11) is 1.46. The van der Waals surface area contributed by atoms with Gasteiger partial charge in [0.1, 0.15) is 0 Å². The van der Waals surface area contributed by atoms with Gasteiger partial charge in [-0.2, -0.15) is 0 Å². The van der Waals surface area contributed by atoms with Crippen LogP contribution in [0.2, 0.25) is 0 Å². The maximum atomic E-state index is 11.1. The summed E-state index contributed by atoms with van der Waals surface area (Å²) in [6.45, 7) is 4.07. The molecule has 0 amide bonds. The number of carbonyl (C=O) groups is 1. The number of carbonyl (C=O) groups excluding carboxylic acids is 1. The van der Waals surface area contributed by atoms with E-state index in [-0.39, 0.29) is 5.97 Å². The highest BCUT2D eigenvalue weighted by Crippen LogP contribution is 2.22. The molecule has 0 radical (unpaired) electrons. The fourth-order valence-corrected chi connectivity index (χ4v) is 2.38. The Balaban J connectivity index is 2.30. The second kappa shape index (κ2) is 6.83. The molecule has 15 heavy (non-hydrogen) atoms. The lowest BCUT2D eigenvalue weighted by atomic mass is 9.94. The normalized spacial score (nSPS) is 18.1. The number of rotatable bonds is 5. The zero-order valence-corrected chi connectivity index (χ0v) is 10.00. The molecular formula is C12H23NO2. The van der Waals surface area contributed by atoms with Crippen LogP contribution in [0.1, 0.15) is 45.4 Å². The van der Waals surface area contributed by atoms with Crippen molar-refractivity contribution in [1.82, 2.24) is 4.90 Å². The van der Waals surface area contributed by atoms with Gasteiger partial charge in [-0.1, -0.05) is 26.2 Å². The van der Waals surface area contributed by atoms with Gasteiger partial charge in [0, 0.05) is 12.6 Å². The first-order chi connectivity index (χ1) is 7.27. The molecule has 3 nitrogen and oxygen atoms in total. The summed E-state index contributed by atoms with van der Waals surface area (Å²) in [5.41, 5.74) is 0. The van der Waals surface area contributed by atoms with Crippen LogP contribution in [0, 0.1) is 0 Å². The third kappa shape index (κ3) is 4.20. The van der Waals surface area contributed by atoms with E-state index in [1.807, 2.05) is 0 Å². The van der Waals surface area contributed by atoms with Crippen LogP contribution < -0.4 is 0 Å². The van der Waals surface area contributed by atoms with Gasteiger partial charge in [0.25, 0.3) is 0 Å². The Hall–Kier alpha value is -0.570. The van der Waals surface area contributed by atoms with Crippen LogP contribution in [0.5, 0.6) is 0 Å². The van der Waals surface area contributed by atoms with Gasteiger partial charge < -0.3 is 9.64 Å². The van der Waals surface area contributed by atoms with Crippen LogP contribution in [0.15, 0.2) is 0 Å². The standard InChI is InChI=1S/C12H23NO2/c1-3-13(10-9-12(14)15-2)11-7-5-4-6-8-11/h11H,3-10H2,1-2H3. The van der Waals surface area contributed by atoms with Crippen LogP contribution in [-0.4, -0.2) is 37.1 Å². The molecule has 0 aliphatic heterocycles. The number of hydrogen-bond donors (Lipinski definition) is 0. The van der Waals surface area contributed by atoms with E-state index in [1.165, 1.54) is 39.2 Å². The largest absolute Gasteiger partial charge is 0.469 e. The highest BCUT2D eigenvalue weighted by atomic mass is 16.5. The van der Waals surface area contributed by atoms with E-state index in [0.717, 1.165) is 13.1 Å². The van der Waals surface area contributed by atoms with Gasteiger partial charge in [0.05, 0.1) is 13.5 Å². The molecule has 0 bridgehead atoms. The predicted molar refractivity (Wildman–Crippen MR) is 60.8 cm³/mol. The van der Waals surface area contributed by atoms with Crippen molar-refractivity contribution in [2.24, 2.45) is 0 Å². The molecule has 1 aliphatic carbocycles. The Bertz CT molecular complexity index is 188. The van der Waals surface area contributed by atoms with Gasteiger partial charge in [-0.3, -0.25) is 4.79 Å². The maximum Gasteiger partial charge on any atom is 0.306 e. The maximum absolute atomic E-state index is 11.1. The number of methoxy groups -OCH3 is 1. The molecule has 1 fully saturated rings. The number of nitrogens with zero attached hydrogens (tertiary/aromatic N) is 1. The topological polar surface area (TPSA) is 29.5 Å². The van der Waals surface area contributed by atoms with Crippen LogP contribution in [-0.2, 0) is 9.53 Å². The second-order valence-corrected chi connectivity index (χ2v) is 4.25. The van der Waals surface area contributed by atoms with Crippen molar-refractivity contribution in [1.29, 1.82) is 0 Å². The lowest BCUT2D eigenvalue weighted by Gasteiger charge is -2.33. The predicted octanol–water partition coefficient (Wildman–Crippen LogP) is 2.20. The first kappa shape index (κ1) is 12.5. The molecule has 1 rings (SSSR count). The van der Waals surface area contributed by atoms with Crippen molar-refractivity contribution in [3.8, 4) is 0 Å². The lowest BCUT2D eigenvalue weighted by Crippen LogP contribution is -2.38. The zero-order chi connectivity index (χ0) is 11.1. The smallest absolute Gasteiger partial charge is 0.306 e. The Kier molecular flexibility index (Phi) is 5.69. The van der Waals surface area contributed by atoms with Crippen molar-refractivity contribution in [3.05, 3.63) is 0 Å². The van der Waals surface area contributed by atoms with E-state index in [0.29, 0.717) is 12.5 Å². The summed E-state index contributed by atoms with van der Waals surface area (Å²) in [4.78, 5) is 13.5. The quantitative estimate of drug-likeness (QED) is 0.656. The Labute approximate surface area is 92.8 Å². The van der Waals surface area contributed by atoms with Crippen LogP contribution in [0.25, 0.3) is 0 Å². The molecule has 1 aliphatic rings. The van der Waals surface area contributed by atoms with E-state index in [1.54, 1.807) is 0 Å². The molecule has 0 unspecified atom stereocenters. The fraction of sp³-hybridized carbons (Fsp3) is 0.917. The summed E-state index contributed by atoms with van der Waals surface area (Å²) in [6.07, 6.45) is 7.20. The lowest BCUT2D eigenvalue weighted by molar-refractivity contribution is -0.141. The van der Waals surface area contributed by atoms with E-state index in [9.17, 15) is 4.79 Å². The fourth-order valence-electron chi connectivity index (χ4n) is 2.38. The first-order valence-corrected chi connectivity index (χ1v) is 6.08. The minimum absolute atomic E-state index is 0.0933. The molecule has 88 valence electrons. The highest BCUT2D eigenvalue weighted by Gasteiger charge is 2.20.